The van der Waals surface area contributed by atoms with E-state index in [4.69, 9.17) is 0 Å². The van der Waals surface area contributed by atoms with Gasteiger partial charge in [0.05, 0.1) is 5.25 Å². The second-order valence-corrected chi connectivity index (χ2v) is 8.77. The summed E-state index contributed by atoms with van der Waals surface area (Å²) in [5, 5.41) is -0.120. The van der Waals surface area contributed by atoms with Crippen LogP contribution in [0.15, 0.2) is 0 Å². The van der Waals surface area contributed by atoms with Crippen LogP contribution in [0.2, 0.25) is 0 Å². The fraction of sp³-hybridized carbons (Fsp3) is 1.00. The van der Waals surface area contributed by atoms with Crippen molar-refractivity contribution in [2.45, 2.75) is 61.4 Å². The lowest BCUT2D eigenvalue weighted by molar-refractivity contribution is 0.367. The Bertz CT molecular complexity index is 338. The molecule has 0 spiro atoms. The molecule has 0 bridgehead atoms. The van der Waals surface area contributed by atoms with Crippen LogP contribution in [0.3, 0.4) is 0 Å². The van der Waals surface area contributed by atoms with E-state index in [2.05, 4.69) is 20.7 Å². The van der Waals surface area contributed by atoms with Crippen LogP contribution in [0.25, 0.3) is 0 Å². The molecule has 2 saturated carbocycles. The lowest BCUT2D eigenvalue weighted by atomic mass is 9.89. The molecule has 0 aromatic rings. The molecule has 5 heteroatoms. The second kappa shape index (κ2) is 6.02. The highest BCUT2D eigenvalue weighted by molar-refractivity contribution is 9.09. The minimum atomic E-state index is -3.04. The molecular formula is C12H22BrNO2S. The molecule has 0 aromatic carbocycles. The van der Waals surface area contributed by atoms with Crippen LogP contribution in [0.1, 0.15) is 51.4 Å². The maximum absolute atomic E-state index is 12.0. The van der Waals surface area contributed by atoms with Gasteiger partial charge in [0.2, 0.25) is 10.0 Å². The summed E-state index contributed by atoms with van der Waals surface area (Å²) in [4.78, 5) is 0.581. The summed E-state index contributed by atoms with van der Waals surface area (Å²) >= 11 is 3.64. The molecule has 2 atom stereocenters. The van der Waals surface area contributed by atoms with Crippen molar-refractivity contribution in [1.29, 1.82) is 0 Å². The molecule has 2 unspecified atom stereocenters. The van der Waals surface area contributed by atoms with Crippen LogP contribution in [-0.4, -0.2) is 25.0 Å². The summed E-state index contributed by atoms with van der Waals surface area (Å²) in [7, 11) is -3.04. The number of rotatable bonds is 4. The molecule has 0 aliphatic heterocycles. The van der Waals surface area contributed by atoms with E-state index in [1.807, 2.05) is 0 Å². The molecular weight excluding hydrogens is 302 g/mol. The van der Waals surface area contributed by atoms with Crippen molar-refractivity contribution < 1.29 is 8.42 Å². The third-order valence-electron chi connectivity index (χ3n) is 4.03. The zero-order valence-electron chi connectivity index (χ0n) is 10.2. The Morgan fingerprint density at radius 2 is 1.76 bits per heavy atom. The van der Waals surface area contributed by atoms with Crippen LogP contribution >= 0.6 is 15.9 Å². The summed E-state index contributed by atoms with van der Waals surface area (Å²) in [6, 6.07) is 0. The van der Waals surface area contributed by atoms with Gasteiger partial charge >= 0.3 is 0 Å². The number of nitrogens with one attached hydrogen (secondary N) is 1. The monoisotopic (exact) mass is 323 g/mol. The minimum Gasteiger partial charge on any atom is -0.215 e. The standard InChI is InChI=1S/C12H22BrNO2S/c13-11-5-3-4-10(8-11)9-14-17(15,16)12-6-1-2-7-12/h10-12,14H,1-9H2. The maximum atomic E-state index is 12.0. The third kappa shape index (κ3) is 3.93. The summed E-state index contributed by atoms with van der Waals surface area (Å²) in [6.07, 6.45) is 8.54. The second-order valence-electron chi connectivity index (χ2n) is 5.43. The smallest absolute Gasteiger partial charge is 0.214 e. The lowest BCUT2D eigenvalue weighted by Gasteiger charge is -2.26. The summed E-state index contributed by atoms with van der Waals surface area (Å²) in [5.74, 6) is 0.518. The highest BCUT2D eigenvalue weighted by Crippen LogP contribution is 2.29. The Morgan fingerprint density at radius 3 is 2.41 bits per heavy atom. The number of alkyl halides is 1. The predicted octanol–water partition coefficient (Wildman–Crippen LogP) is 2.80. The largest absolute Gasteiger partial charge is 0.215 e. The van der Waals surface area contributed by atoms with Crippen LogP contribution in [0.5, 0.6) is 0 Å². The van der Waals surface area contributed by atoms with Crippen molar-refractivity contribution in [3.8, 4) is 0 Å². The van der Waals surface area contributed by atoms with Gasteiger partial charge in [0.15, 0.2) is 0 Å². The van der Waals surface area contributed by atoms with E-state index in [0.717, 1.165) is 38.5 Å². The Balaban J connectivity index is 1.80. The predicted molar refractivity (Wildman–Crippen MR) is 73.9 cm³/mol. The molecule has 3 nitrogen and oxygen atoms in total. The molecule has 2 fully saturated rings. The van der Waals surface area contributed by atoms with E-state index in [0.29, 0.717) is 17.3 Å². The van der Waals surface area contributed by atoms with Crippen molar-refractivity contribution in [3.63, 3.8) is 0 Å². The van der Waals surface area contributed by atoms with Crippen LogP contribution in [0, 0.1) is 5.92 Å². The number of hydrogen-bond acceptors (Lipinski definition) is 2. The summed E-state index contributed by atoms with van der Waals surface area (Å²) < 4.78 is 26.9. The zero-order chi connectivity index (χ0) is 12.3. The maximum Gasteiger partial charge on any atom is 0.214 e. The summed E-state index contributed by atoms with van der Waals surface area (Å²) in [6.45, 7) is 0.640. The quantitative estimate of drug-likeness (QED) is 0.808. The molecule has 0 aromatic heterocycles. The number of sulfonamides is 1. The Kier molecular flexibility index (Phi) is 4.89. The Labute approximate surface area is 113 Å². The van der Waals surface area contributed by atoms with Gasteiger partial charge in [-0.15, -0.1) is 0 Å². The van der Waals surface area contributed by atoms with Crippen molar-refractivity contribution in [2.24, 2.45) is 5.92 Å². The van der Waals surface area contributed by atoms with Gasteiger partial charge in [-0.2, -0.15) is 0 Å². The first-order valence-corrected chi connectivity index (χ1v) is 9.16. The molecule has 0 amide bonds. The van der Waals surface area contributed by atoms with Gasteiger partial charge in [-0.1, -0.05) is 35.2 Å². The number of halogens is 1. The minimum absolute atomic E-state index is 0.120. The normalized spacial score (nSPS) is 31.8. The van der Waals surface area contributed by atoms with Gasteiger partial charge in [-0.05, 0) is 38.0 Å². The van der Waals surface area contributed by atoms with E-state index in [1.165, 1.54) is 12.8 Å². The van der Waals surface area contributed by atoms with Gasteiger partial charge in [-0.25, -0.2) is 13.1 Å². The van der Waals surface area contributed by atoms with E-state index < -0.39 is 10.0 Å². The topological polar surface area (TPSA) is 46.2 Å². The van der Waals surface area contributed by atoms with Gasteiger partial charge in [0.25, 0.3) is 0 Å². The van der Waals surface area contributed by atoms with E-state index in [1.54, 1.807) is 0 Å². The average molecular weight is 324 g/mol. The highest BCUT2D eigenvalue weighted by Gasteiger charge is 2.29. The van der Waals surface area contributed by atoms with Crippen LogP contribution < -0.4 is 4.72 Å². The molecule has 2 rings (SSSR count). The SMILES string of the molecule is O=S(=O)(NCC1CCCC(Br)C1)C1CCCC1. The molecule has 17 heavy (non-hydrogen) atoms. The lowest BCUT2D eigenvalue weighted by Crippen LogP contribution is -2.37. The van der Waals surface area contributed by atoms with Crippen molar-refractivity contribution >= 4 is 26.0 Å². The van der Waals surface area contributed by atoms with Gasteiger partial charge in [0, 0.05) is 11.4 Å². The fourth-order valence-electron chi connectivity index (χ4n) is 2.96. The molecule has 2 aliphatic carbocycles. The molecule has 0 saturated heterocycles. The van der Waals surface area contributed by atoms with Gasteiger partial charge < -0.3 is 0 Å². The Hall–Kier alpha value is 0.390. The third-order valence-corrected chi connectivity index (χ3v) is 6.78. The van der Waals surface area contributed by atoms with Crippen LogP contribution in [0.4, 0.5) is 0 Å². The van der Waals surface area contributed by atoms with E-state index in [9.17, 15) is 8.42 Å². The molecule has 100 valence electrons. The first-order valence-electron chi connectivity index (χ1n) is 6.70. The average Bonchev–Trinajstić information content (AvgIpc) is 2.81. The Morgan fingerprint density at radius 1 is 1.06 bits per heavy atom. The van der Waals surface area contributed by atoms with E-state index in [-0.39, 0.29) is 5.25 Å². The first-order chi connectivity index (χ1) is 8.08. The van der Waals surface area contributed by atoms with Gasteiger partial charge in [0.1, 0.15) is 0 Å². The first kappa shape index (κ1) is 13.8. The number of hydrogen-bond donors (Lipinski definition) is 1. The van der Waals surface area contributed by atoms with Crippen molar-refractivity contribution in [2.75, 3.05) is 6.54 Å². The zero-order valence-corrected chi connectivity index (χ0v) is 12.6. The summed E-state index contributed by atoms with van der Waals surface area (Å²) in [5.41, 5.74) is 0. The van der Waals surface area contributed by atoms with Crippen LogP contribution in [-0.2, 0) is 10.0 Å². The van der Waals surface area contributed by atoms with Gasteiger partial charge in [-0.3, -0.25) is 0 Å². The molecule has 0 radical (unpaired) electrons. The van der Waals surface area contributed by atoms with Crippen molar-refractivity contribution in [1.82, 2.24) is 4.72 Å². The molecule has 2 aliphatic rings. The van der Waals surface area contributed by atoms with Crippen molar-refractivity contribution in [3.05, 3.63) is 0 Å². The van der Waals surface area contributed by atoms with E-state index >= 15 is 0 Å². The highest BCUT2D eigenvalue weighted by atomic mass is 79.9. The molecule has 0 heterocycles. The fourth-order valence-corrected chi connectivity index (χ4v) is 5.47. The molecule has 1 N–H and O–H groups in total.